The summed E-state index contributed by atoms with van der Waals surface area (Å²) in [6.45, 7) is 1.81. The third-order valence-corrected chi connectivity index (χ3v) is 3.84. The summed E-state index contributed by atoms with van der Waals surface area (Å²) in [7, 11) is 0. The van der Waals surface area contributed by atoms with E-state index < -0.39 is 6.10 Å². The van der Waals surface area contributed by atoms with Crippen molar-refractivity contribution in [3.05, 3.63) is 59.2 Å². The van der Waals surface area contributed by atoms with Gasteiger partial charge in [0, 0.05) is 17.8 Å². The van der Waals surface area contributed by atoms with Gasteiger partial charge in [-0.3, -0.25) is 4.79 Å². The highest BCUT2D eigenvalue weighted by Gasteiger charge is 2.19. The monoisotopic (exact) mass is 333 g/mol. The predicted octanol–water partition coefficient (Wildman–Crippen LogP) is 3.92. The smallest absolute Gasteiger partial charge is 0.287 e. The van der Waals surface area contributed by atoms with Gasteiger partial charge in [-0.05, 0) is 31.2 Å². The van der Waals surface area contributed by atoms with E-state index in [0.29, 0.717) is 22.8 Å². The van der Waals surface area contributed by atoms with Crippen LogP contribution in [0.5, 0.6) is 0 Å². The number of carbonyl (C=O) groups is 1. The van der Waals surface area contributed by atoms with Gasteiger partial charge >= 0.3 is 0 Å². The molecular formula is C17H16ClNO4. The third-order valence-electron chi connectivity index (χ3n) is 3.55. The Kier molecular flexibility index (Phi) is 4.41. The molecule has 0 fully saturated rings. The molecule has 2 heterocycles. The van der Waals surface area contributed by atoms with Gasteiger partial charge in [0.05, 0.1) is 11.3 Å². The Balaban J connectivity index is 1.66. The summed E-state index contributed by atoms with van der Waals surface area (Å²) < 4.78 is 10.7. The largest absolute Gasteiger partial charge is 0.467 e. The number of furan rings is 2. The van der Waals surface area contributed by atoms with Crippen LogP contribution in [0.3, 0.4) is 0 Å². The molecule has 5 nitrogen and oxygen atoms in total. The van der Waals surface area contributed by atoms with Crippen LogP contribution in [0.25, 0.3) is 11.0 Å². The highest BCUT2D eigenvalue weighted by molar-refractivity contribution is 6.34. The van der Waals surface area contributed by atoms with Crippen molar-refractivity contribution in [2.24, 2.45) is 0 Å². The standard InChI is InChI=1S/C17H16ClNO4/c1-10(8-13(20)14-6-3-7-22-14)19-17(21)15-9-11-4-2-5-12(18)16(11)23-15/h2-7,9-10,13,20H,8H2,1H3,(H,19,21). The number of amides is 1. The zero-order valence-electron chi connectivity index (χ0n) is 12.5. The minimum Gasteiger partial charge on any atom is -0.467 e. The predicted molar refractivity (Wildman–Crippen MR) is 86.4 cm³/mol. The van der Waals surface area contributed by atoms with Crippen LogP contribution in [0.15, 0.2) is 51.5 Å². The fourth-order valence-corrected chi connectivity index (χ4v) is 2.65. The molecule has 0 saturated heterocycles. The minimum atomic E-state index is -0.773. The fourth-order valence-electron chi connectivity index (χ4n) is 2.43. The molecule has 1 aromatic carbocycles. The molecule has 6 heteroatoms. The molecule has 1 amide bonds. The summed E-state index contributed by atoms with van der Waals surface area (Å²) in [6, 6.07) is 10.1. The maximum atomic E-state index is 12.3. The van der Waals surface area contributed by atoms with Crippen molar-refractivity contribution < 1.29 is 18.7 Å². The molecule has 3 aromatic rings. The Hall–Kier alpha value is -2.24. The van der Waals surface area contributed by atoms with Crippen molar-refractivity contribution in [3.8, 4) is 0 Å². The number of nitrogens with one attached hydrogen (secondary N) is 1. The van der Waals surface area contributed by atoms with Gasteiger partial charge in [0.15, 0.2) is 11.3 Å². The first-order chi connectivity index (χ1) is 11.0. The van der Waals surface area contributed by atoms with E-state index >= 15 is 0 Å². The van der Waals surface area contributed by atoms with Gasteiger partial charge in [-0.2, -0.15) is 0 Å². The second-order valence-corrected chi connectivity index (χ2v) is 5.82. The van der Waals surface area contributed by atoms with E-state index in [9.17, 15) is 9.90 Å². The molecule has 2 aromatic heterocycles. The quantitative estimate of drug-likeness (QED) is 0.742. The minimum absolute atomic E-state index is 0.187. The zero-order valence-corrected chi connectivity index (χ0v) is 13.2. The highest BCUT2D eigenvalue weighted by atomic mass is 35.5. The summed E-state index contributed by atoms with van der Waals surface area (Å²) in [5.74, 6) is 0.311. The van der Waals surface area contributed by atoms with E-state index in [4.69, 9.17) is 20.4 Å². The molecule has 0 aliphatic rings. The molecule has 23 heavy (non-hydrogen) atoms. The summed E-state index contributed by atoms with van der Waals surface area (Å²) in [6.07, 6.45) is 1.06. The number of aliphatic hydroxyl groups excluding tert-OH is 1. The Bertz CT molecular complexity index is 809. The molecule has 120 valence electrons. The topological polar surface area (TPSA) is 75.6 Å². The third kappa shape index (κ3) is 3.41. The van der Waals surface area contributed by atoms with E-state index in [0.717, 1.165) is 5.39 Å². The first-order valence-electron chi connectivity index (χ1n) is 7.25. The van der Waals surface area contributed by atoms with E-state index in [2.05, 4.69) is 5.32 Å². The number of hydrogen-bond donors (Lipinski definition) is 2. The van der Waals surface area contributed by atoms with E-state index in [-0.39, 0.29) is 17.7 Å². The van der Waals surface area contributed by atoms with Crippen molar-refractivity contribution in [1.29, 1.82) is 0 Å². The van der Waals surface area contributed by atoms with Gasteiger partial charge in [0.1, 0.15) is 11.9 Å². The van der Waals surface area contributed by atoms with Crippen molar-refractivity contribution in [2.75, 3.05) is 0 Å². The van der Waals surface area contributed by atoms with Crippen LogP contribution in [-0.4, -0.2) is 17.1 Å². The van der Waals surface area contributed by atoms with Crippen molar-refractivity contribution >= 4 is 28.5 Å². The van der Waals surface area contributed by atoms with Crippen LogP contribution >= 0.6 is 11.6 Å². The number of aliphatic hydroxyl groups is 1. The summed E-state index contributed by atoms with van der Waals surface area (Å²) in [5, 5.41) is 14.1. The van der Waals surface area contributed by atoms with Gasteiger partial charge in [0.25, 0.3) is 5.91 Å². The lowest BCUT2D eigenvalue weighted by Crippen LogP contribution is -2.33. The van der Waals surface area contributed by atoms with Gasteiger partial charge in [-0.15, -0.1) is 0 Å². The number of hydrogen-bond acceptors (Lipinski definition) is 4. The van der Waals surface area contributed by atoms with E-state index in [1.54, 1.807) is 37.3 Å². The maximum Gasteiger partial charge on any atom is 0.287 e. The van der Waals surface area contributed by atoms with E-state index in [1.165, 1.54) is 6.26 Å². The normalized spacial score (nSPS) is 13.9. The second kappa shape index (κ2) is 6.48. The average molecular weight is 334 g/mol. The number of halogens is 1. The second-order valence-electron chi connectivity index (χ2n) is 5.41. The van der Waals surface area contributed by atoms with E-state index in [1.807, 2.05) is 6.07 Å². The molecule has 0 radical (unpaired) electrons. The van der Waals surface area contributed by atoms with Crippen LogP contribution in [0, 0.1) is 0 Å². The molecule has 2 N–H and O–H groups in total. The van der Waals surface area contributed by atoms with Crippen LogP contribution < -0.4 is 5.32 Å². The van der Waals surface area contributed by atoms with Crippen molar-refractivity contribution in [1.82, 2.24) is 5.32 Å². The summed E-state index contributed by atoms with van der Waals surface area (Å²) in [4.78, 5) is 12.3. The van der Waals surface area contributed by atoms with Crippen molar-refractivity contribution in [2.45, 2.75) is 25.5 Å². The lowest BCUT2D eigenvalue weighted by molar-refractivity contribution is 0.0878. The molecule has 0 aliphatic heterocycles. The lowest BCUT2D eigenvalue weighted by atomic mass is 10.1. The van der Waals surface area contributed by atoms with Crippen LogP contribution in [0.2, 0.25) is 5.02 Å². The fraction of sp³-hybridized carbons (Fsp3) is 0.235. The Morgan fingerprint density at radius 3 is 2.87 bits per heavy atom. The lowest BCUT2D eigenvalue weighted by Gasteiger charge is -2.15. The molecule has 2 unspecified atom stereocenters. The Labute approximate surface area is 137 Å². The first kappa shape index (κ1) is 15.6. The number of para-hydroxylation sites is 1. The Morgan fingerprint density at radius 1 is 1.35 bits per heavy atom. The number of rotatable bonds is 5. The Morgan fingerprint density at radius 2 is 2.17 bits per heavy atom. The van der Waals surface area contributed by atoms with Gasteiger partial charge in [-0.1, -0.05) is 23.7 Å². The number of fused-ring (bicyclic) bond motifs is 1. The summed E-state index contributed by atoms with van der Waals surface area (Å²) >= 11 is 6.04. The SMILES string of the molecule is CC(CC(O)c1ccco1)NC(=O)c1cc2cccc(Cl)c2o1. The van der Waals surface area contributed by atoms with Crippen LogP contribution in [0.1, 0.15) is 35.8 Å². The van der Waals surface area contributed by atoms with Crippen LogP contribution in [0.4, 0.5) is 0 Å². The molecule has 0 aliphatic carbocycles. The molecule has 2 atom stereocenters. The van der Waals surface area contributed by atoms with Crippen LogP contribution in [-0.2, 0) is 0 Å². The first-order valence-corrected chi connectivity index (χ1v) is 7.63. The number of benzene rings is 1. The highest BCUT2D eigenvalue weighted by Crippen LogP contribution is 2.26. The maximum absolute atomic E-state index is 12.3. The number of carbonyl (C=O) groups excluding carboxylic acids is 1. The molecule has 0 saturated carbocycles. The molecule has 0 bridgehead atoms. The van der Waals surface area contributed by atoms with Gasteiger partial charge < -0.3 is 19.3 Å². The molecule has 0 spiro atoms. The van der Waals surface area contributed by atoms with Gasteiger partial charge in [-0.25, -0.2) is 0 Å². The molecule has 3 rings (SSSR count). The zero-order chi connectivity index (χ0) is 16.4. The van der Waals surface area contributed by atoms with Crippen molar-refractivity contribution in [3.63, 3.8) is 0 Å². The molecular weight excluding hydrogens is 318 g/mol. The van der Waals surface area contributed by atoms with Gasteiger partial charge in [0.2, 0.25) is 0 Å². The summed E-state index contributed by atoms with van der Waals surface area (Å²) in [5.41, 5.74) is 0.489. The average Bonchev–Trinajstić information content (AvgIpc) is 3.17.